The second kappa shape index (κ2) is 8.98. The molecule has 0 spiro atoms. The Hall–Kier alpha value is -3.03. The van der Waals surface area contributed by atoms with Crippen LogP contribution < -0.4 is 10.0 Å². The number of carbonyl (C=O) groups is 1. The van der Waals surface area contributed by atoms with Crippen molar-refractivity contribution < 1.29 is 17.6 Å². The number of rotatable bonds is 7. The van der Waals surface area contributed by atoms with Crippen LogP contribution in [-0.4, -0.2) is 14.3 Å². The van der Waals surface area contributed by atoms with Gasteiger partial charge < -0.3 is 5.32 Å². The number of amides is 1. The molecule has 1 amide bonds. The molecular weight excluding hydrogens is 391 g/mol. The summed E-state index contributed by atoms with van der Waals surface area (Å²) < 4.78 is 40.4. The Morgan fingerprint density at radius 3 is 2.07 bits per heavy atom. The van der Waals surface area contributed by atoms with E-state index in [2.05, 4.69) is 10.0 Å². The third-order valence-electron chi connectivity index (χ3n) is 4.43. The Morgan fingerprint density at radius 2 is 1.45 bits per heavy atom. The molecule has 7 heteroatoms. The SMILES string of the molecule is Cc1ccccc1S(=O)(=O)NCc1ccc(CNC(=O)c2ccc(F)cc2)cc1. The van der Waals surface area contributed by atoms with E-state index in [0.29, 0.717) is 17.7 Å². The number of hydrogen-bond donors (Lipinski definition) is 2. The molecule has 0 aliphatic rings. The molecule has 5 nitrogen and oxygen atoms in total. The van der Waals surface area contributed by atoms with Gasteiger partial charge in [0.2, 0.25) is 10.0 Å². The van der Waals surface area contributed by atoms with Crippen LogP contribution in [0.2, 0.25) is 0 Å². The summed E-state index contributed by atoms with van der Waals surface area (Å²) in [4.78, 5) is 12.3. The molecule has 3 aromatic rings. The molecule has 3 aromatic carbocycles. The summed E-state index contributed by atoms with van der Waals surface area (Å²) in [6, 6.07) is 19.4. The van der Waals surface area contributed by atoms with Gasteiger partial charge in [0, 0.05) is 18.7 Å². The highest BCUT2D eigenvalue weighted by Crippen LogP contribution is 2.14. The third kappa shape index (κ3) is 5.49. The number of benzene rings is 3. The first kappa shape index (κ1) is 20.7. The van der Waals surface area contributed by atoms with Gasteiger partial charge in [-0.05, 0) is 53.9 Å². The lowest BCUT2D eigenvalue weighted by Gasteiger charge is -2.10. The summed E-state index contributed by atoms with van der Waals surface area (Å²) in [5, 5.41) is 2.77. The van der Waals surface area contributed by atoms with Gasteiger partial charge in [-0.1, -0.05) is 42.5 Å². The minimum atomic E-state index is -3.59. The first-order chi connectivity index (χ1) is 13.8. The van der Waals surface area contributed by atoms with Crippen molar-refractivity contribution in [2.75, 3.05) is 0 Å². The maximum absolute atomic E-state index is 12.9. The Balaban J connectivity index is 1.55. The first-order valence-corrected chi connectivity index (χ1v) is 10.5. The highest BCUT2D eigenvalue weighted by atomic mass is 32.2. The van der Waals surface area contributed by atoms with Crippen LogP contribution in [0.15, 0.2) is 77.7 Å². The van der Waals surface area contributed by atoms with Gasteiger partial charge in [-0.25, -0.2) is 17.5 Å². The van der Waals surface area contributed by atoms with Crippen LogP contribution in [-0.2, 0) is 23.1 Å². The molecule has 0 atom stereocenters. The van der Waals surface area contributed by atoms with E-state index in [4.69, 9.17) is 0 Å². The predicted molar refractivity (Wildman–Crippen MR) is 109 cm³/mol. The van der Waals surface area contributed by atoms with Crippen molar-refractivity contribution in [2.45, 2.75) is 24.9 Å². The molecule has 0 fully saturated rings. The van der Waals surface area contributed by atoms with Gasteiger partial charge in [-0.15, -0.1) is 0 Å². The average Bonchev–Trinajstić information content (AvgIpc) is 2.72. The number of carbonyl (C=O) groups excluding carboxylic acids is 1. The summed E-state index contributed by atoms with van der Waals surface area (Å²) in [5.74, 6) is -0.685. The van der Waals surface area contributed by atoms with E-state index in [1.807, 2.05) is 12.1 Å². The lowest BCUT2D eigenvalue weighted by Crippen LogP contribution is -2.24. The van der Waals surface area contributed by atoms with Crippen LogP contribution in [0.5, 0.6) is 0 Å². The Labute approximate surface area is 169 Å². The number of aryl methyl sites for hydroxylation is 1. The van der Waals surface area contributed by atoms with Crippen LogP contribution in [0.25, 0.3) is 0 Å². The van der Waals surface area contributed by atoms with E-state index in [1.165, 1.54) is 24.3 Å². The fourth-order valence-corrected chi connectivity index (χ4v) is 4.04. The van der Waals surface area contributed by atoms with Gasteiger partial charge in [0.1, 0.15) is 5.82 Å². The zero-order valence-corrected chi connectivity index (χ0v) is 16.7. The van der Waals surface area contributed by atoms with Crippen molar-refractivity contribution >= 4 is 15.9 Å². The second-order valence-electron chi connectivity index (χ2n) is 6.60. The average molecular weight is 412 g/mol. The number of sulfonamides is 1. The van der Waals surface area contributed by atoms with Crippen LogP contribution in [0, 0.1) is 12.7 Å². The van der Waals surface area contributed by atoms with Gasteiger partial charge in [-0.2, -0.15) is 0 Å². The van der Waals surface area contributed by atoms with E-state index in [1.54, 1.807) is 43.3 Å². The molecule has 0 bridgehead atoms. The molecule has 3 rings (SSSR count). The quantitative estimate of drug-likeness (QED) is 0.623. The van der Waals surface area contributed by atoms with Gasteiger partial charge in [0.05, 0.1) is 4.90 Å². The van der Waals surface area contributed by atoms with Crippen LogP contribution in [0.1, 0.15) is 27.0 Å². The lowest BCUT2D eigenvalue weighted by atomic mass is 10.1. The van der Waals surface area contributed by atoms with Crippen molar-refractivity contribution in [3.63, 3.8) is 0 Å². The maximum atomic E-state index is 12.9. The Kier molecular flexibility index (Phi) is 6.41. The summed E-state index contributed by atoms with van der Waals surface area (Å²) in [6.07, 6.45) is 0. The van der Waals surface area contributed by atoms with E-state index in [0.717, 1.165) is 11.1 Å². The molecule has 0 aromatic heterocycles. The van der Waals surface area contributed by atoms with E-state index < -0.39 is 15.8 Å². The Morgan fingerprint density at radius 1 is 0.862 bits per heavy atom. The minimum absolute atomic E-state index is 0.166. The summed E-state index contributed by atoms with van der Waals surface area (Å²) in [7, 11) is -3.59. The van der Waals surface area contributed by atoms with E-state index >= 15 is 0 Å². The molecule has 0 unspecified atom stereocenters. The highest BCUT2D eigenvalue weighted by molar-refractivity contribution is 7.89. The maximum Gasteiger partial charge on any atom is 0.251 e. The Bertz CT molecular complexity index is 1100. The monoisotopic (exact) mass is 412 g/mol. The van der Waals surface area contributed by atoms with Gasteiger partial charge in [0.25, 0.3) is 5.91 Å². The predicted octanol–water partition coefficient (Wildman–Crippen LogP) is 3.54. The molecule has 0 aliphatic carbocycles. The van der Waals surface area contributed by atoms with Crippen molar-refractivity contribution in [2.24, 2.45) is 0 Å². The number of nitrogens with one attached hydrogen (secondary N) is 2. The number of halogens is 1. The zero-order valence-electron chi connectivity index (χ0n) is 15.9. The van der Waals surface area contributed by atoms with Gasteiger partial charge >= 0.3 is 0 Å². The van der Waals surface area contributed by atoms with Crippen molar-refractivity contribution in [1.82, 2.24) is 10.0 Å². The van der Waals surface area contributed by atoms with Crippen LogP contribution in [0.3, 0.4) is 0 Å². The zero-order chi connectivity index (χ0) is 20.9. The molecule has 2 N–H and O–H groups in total. The van der Waals surface area contributed by atoms with Crippen LogP contribution in [0.4, 0.5) is 4.39 Å². The molecular formula is C22H21FN2O3S. The molecule has 0 heterocycles. The standard InChI is InChI=1S/C22H21FN2O3S/c1-16-4-2-3-5-21(16)29(27,28)25-15-18-8-6-17(7-9-18)14-24-22(26)19-10-12-20(23)13-11-19/h2-13,25H,14-15H2,1H3,(H,24,26). The minimum Gasteiger partial charge on any atom is -0.348 e. The summed E-state index contributed by atoms with van der Waals surface area (Å²) in [5.41, 5.74) is 2.74. The largest absolute Gasteiger partial charge is 0.348 e. The topological polar surface area (TPSA) is 75.3 Å². The smallest absolute Gasteiger partial charge is 0.251 e. The fourth-order valence-electron chi connectivity index (χ4n) is 2.77. The van der Waals surface area contributed by atoms with Crippen LogP contribution >= 0.6 is 0 Å². The normalized spacial score (nSPS) is 11.2. The lowest BCUT2D eigenvalue weighted by molar-refractivity contribution is 0.0951. The third-order valence-corrected chi connectivity index (χ3v) is 5.99. The van der Waals surface area contributed by atoms with Gasteiger partial charge in [0.15, 0.2) is 0 Å². The van der Waals surface area contributed by atoms with E-state index in [9.17, 15) is 17.6 Å². The van der Waals surface area contributed by atoms with Crippen molar-refractivity contribution in [3.8, 4) is 0 Å². The van der Waals surface area contributed by atoms with E-state index in [-0.39, 0.29) is 17.3 Å². The molecule has 0 radical (unpaired) electrons. The van der Waals surface area contributed by atoms with Gasteiger partial charge in [-0.3, -0.25) is 4.79 Å². The molecule has 150 valence electrons. The van der Waals surface area contributed by atoms with Crippen molar-refractivity contribution in [3.05, 3.63) is 101 Å². The number of hydrogen-bond acceptors (Lipinski definition) is 3. The molecule has 29 heavy (non-hydrogen) atoms. The first-order valence-electron chi connectivity index (χ1n) is 9.02. The summed E-state index contributed by atoms with van der Waals surface area (Å²) in [6.45, 7) is 2.23. The molecule has 0 saturated heterocycles. The fraction of sp³-hybridized carbons (Fsp3) is 0.136. The highest BCUT2D eigenvalue weighted by Gasteiger charge is 2.15. The molecule has 0 aliphatic heterocycles. The molecule has 0 saturated carbocycles. The summed E-state index contributed by atoms with van der Waals surface area (Å²) >= 11 is 0. The second-order valence-corrected chi connectivity index (χ2v) is 8.33. The van der Waals surface area contributed by atoms with Crippen molar-refractivity contribution in [1.29, 1.82) is 0 Å².